The summed E-state index contributed by atoms with van der Waals surface area (Å²) >= 11 is 5.69. The topological polar surface area (TPSA) is 12.0 Å². The van der Waals surface area contributed by atoms with Gasteiger partial charge in [-0.1, -0.05) is 45.4 Å². The van der Waals surface area contributed by atoms with E-state index >= 15 is 0 Å². The highest BCUT2D eigenvalue weighted by atomic mass is 35.5. The van der Waals surface area contributed by atoms with E-state index in [0.717, 1.165) is 24.9 Å². The van der Waals surface area contributed by atoms with E-state index in [4.69, 9.17) is 11.6 Å². The van der Waals surface area contributed by atoms with Crippen LogP contribution in [0.25, 0.3) is 0 Å². The summed E-state index contributed by atoms with van der Waals surface area (Å²) in [4.78, 5) is 0. The Bertz CT molecular complexity index is 385. The zero-order valence-corrected chi connectivity index (χ0v) is 12.4. The molecule has 0 aliphatic rings. The molecule has 0 heterocycles. The first kappa shape index (κ1) is 15.5. The smallest absolute Gasteiger partial charge is 0.142 e. The van der Waals surface area contributed by atoms with Crippen molar-refractivity contribution in [3.05, 3.63) is 34.6 Å². The van der Waals surface area contributed by atoms with Gasteiger partial charge in [-0.3, -0.25) is 0 Å². The highest BCUT2D eigenvalue weighted by molar-refractivity contribution is 6.30. The summed E-state index contributed by atoms with van der Waals surface area (Å²) in [6.45, 7) is 9.69. The number of halogens is 2. The number of likely N-dealkylation sites (N-methyl/N-ethyl adjacent to an activating group) is 1. The van der Waals surface area contributed by atoms with Crippen LogP contribution in [0, 0.1) is 11.2 Å². The fourth-order valence-corrected chi connectivity index (χ4v) is 2.31. The molecule has 0 fully saturated rings. The second-order valence-electron chi connectivity index (χ2n) is 5.97. The van der Waals surface area contributed by atoms with Crippen molar-refractivity contribution in [1.82, 2.24) is 5.32 Å². The molecule has 3 heteroatoms. The normalized spacial score (nSPS) is 13.7. The van der Waals surface area contributed by atoms with Crippen LogP contribution in [0.1, 0.15) is 39.7 Å². The second-order valence-corrected chi connectivity index (χ2v) is 6.38. The Kier molecular flexibility index (Phi) is 5.61. The van der Waals surface area contributed by atoms with Crippen LogP contribution in [0.5, 0.6) is 0 Å². The molecule has 1 N–H and O–H groups in total. The molecule has 0 saturated carbocycles. The van der Waals surface area contributed by atoms with Crippen LogP contribution >= 0.6 is 11.6 Å². The summed E-state index contributed by atoms with van der Waals surface area (Å²) in [5.74, 6) is -0.333. The molecule has 0 saturated heterocycles. The lowest BCUT2D eigenvalue weighted by atomic mass is 9.86. The minimum Gasteiger partial charge on any atom is -0.314 e. The Morgan fingerprint density at radius 2 is 2.00 bits per heavy atom. The third kappa shape index (κ3) is 5.36. The van der Waals surface area contributed by atoms with Crippen LogP contribution in [-0.2, 0) is 6.42 Å². The van der Waals surface area contributed by atoms with Crippen LogP contribution < -0.4 is 5.32 Å². The van der Waals surface area contributed by atoms with E-state index in [2.05, 4.69) is 33.0 Å². The quantitative estimate of drug-likeness (QED) is 0.835. The number of rotatable bonds is 5. The van der Waals surface area contributed by atoms with Crippen molar-refractivity contribution in [3.8, 4) is 0 Å². The van der Waals surface area contributed by atoms with Gasteiger partial charge >= 0.3 is 0 Å². The van der Waals surface area contributed by atoms with Gasteiger partial charge in [0.2, 0.25) is 0 Å². The van der Waals surface area contributed by atoms with Crippen LogP contribution in [0.3, 0.4) is 0 Å². The predicted molar refractivity (Wildman–Crippen MR) is 76.7 cm³/mol. The third-order valence-corrected chi connectivity index (χ3v) is 3.12. The van der Waals surface area contributed by atoms with Crippen molar-refractivity contribution in [1.29, 1.82) is 0 Å². The maximum atomic E-state index is 13.4. The molecular formula is C15H23ClFN. The van der Waals surface area contributed by atoms with E-state index in [1.165, 1.54) is 6.07 Å². The van der Waals surface area contributed by atoms with Gasteiger partial charge in [0.05, 0.1) is 5.02 Å². The van der Waals surface area contributed by atoms with Gasteiger partial charge in [-0.15, -0.1) is 0 Å². The van der Waals surface area contributed by atoms with Crippen LogP contribution in [0.2, 0.25) is 5.02 Å². The average Bonchev–Trinajstić information content (AvgIpc) is 2.21. The molecule has 0 aromatic heterocycles. The second kappa shape index (κ2) is 6.53. The first-order valence-corrected chi connectivity index (χ1v) is 6.87. The molecule has 18 heavy (non-hydrogen) atoms. The Hall–Kier alpha value is -0.600. The molecule has 102 valence electrons. The Morgan fingerprint density at radius 1 is 1.33 bits per heavy atom. The van der Waals surface area contributed by atoms with Crippen molar-refractivity contribution in [2.24, 2.45) is 5.41 Å². The lowest BCUT2D eigenvalue weighted by Gasteiger charge is -2.26. The maximum absolute atomic E-state index is 13.4. The van der Waals surface area contributed by atoms with Crippen molar-refractivity contribution in [2.45, 2.75) is 46.6 Å². The van der Waals surface area contributed by atoms with Gasteiger partial charge < -0.3 is 5.32 Å². The van der Waals surface area contributed by atoms with Gasteiger partial charge in [-0.2, -0.15) is 0 Å². The lowest BCUT2D eigenvalue weighted by molar-refractivity contribution is 0.309. The first-order chi connectivity index (χ1) is 8.31. The summed E-state index contributed by atoms with van der Waals surface area (Å²) in [5, 5.41) is 3.66. The van der Waals surface area contributed by atoms with Crippen LogP contribution in [0.15, 0.2) is 18.2 Å². The highest BCUT2D eigenvalue weighted by Crippen LogP contribution is 2.23. The number of benzene rings is 1. The van der Waals surface area contributed by atoms with Crippen molar-refractivity contribution < 1.29 is 4.39 Å². The van der Waals surface area contributed by atoms with Crippen LogP contribution in [0.4, 0.5) is 4.39 Å². The van der Waals surface area contributed by atoms with E-state index in [9.17, 15) is 4.39 Å². The van der Waals surface area contributed by atoms with Crippen molar-refractivity contribution in [3.63, 3.8) is 0 Å². The van der Waals surface area contributed by atoms with E-state index in [1.807, 2.05) is 6.07 Å². The summed E-state index contributed by atoms with van der Waals surface area (Å²) < 4.78 is 13.4. The molecule has 1 atom stereocenters. The van der Waals surface area contributed by atoms with E-state index in [0.29, 0.717) is 6.04 Å². The molecule has 0 aliphatic heterocycles. The monoisotopic (exact) mass is 271 g/mol. The summed E-state index contributed by atoms with van der Waals surface area (Å²) in [6, 6.07) is 5.44. The Morgan fingerprint density at radius 3 is 2.50 bits per heavy atom. The van der Waals surface area contributed by atoms with Crippen molar-refractivity contribution in [2.75, 3.05) is 6.54 Å². The Labute approximate surface area is 115 Å². The molecule has 0 aliphatic carbocycles. The summed E-state index contributed by atoms with van der Waals surface area (Å²) in [6.07, 6.45) is 1.89. The van der Waals surface area contributed by atoms with E-state index in [1.54, 1.807) is 6.07 Å². The SMILES string of the molecule is CCNC(Cc1ccc(Cl)c(F)c1)CC(C)(C)C. The summed E-state index contributed by atoms with van der Waals surface area (Å²) in [5.41, 5.74) is 1.25. The largest absolute Gasteiger partial charge is 0.314 e. The number of hydrogen-bond acceptors (Lipinski definition) is 1. The van der Waals surface area contributed by atoms with Gasteiger partial charge in [0.15, 0.2) is 0 Å². The molecular weight excluding hydrogens is 249 g/mol. The Balaban J connectivity index is 2.73. The molecule has 1 aromatic rings. The van der Waals surface area contributed by atoms with E-state index < -0.39 is 0 Å². The molecule has 1 unspecified atom stereocenters. The average molecular weight is 272 g/mol. The summed E-state index contributed by atoms with van der Waals surface area (Å²) in [7, 11) is 0. The van der Waals surface area contributed by atoms with Crippen LogP contribution in [-0.4, -0.2) is 12.6 Å². The fourth-order valence-electron chi connectivity index (χ4n) is 2.20. The minimum absolute atomic E-state index is 0.189. The number of nitrogens with one attached hydrogen (secondary N) is 1. The van der Waals surface area contributed by atoms with Gasteiger partial charge in [0.1, 0.15) is 5.82 Å². The number of hydrogen-bond donors (Lipinski definition) is 1. The molecule has 0 bridgehead atoms. The zero-order chi connectivity index (χ0) is 13.8. The van der Waals surface area contributed by atoms with E-state index in [-0.39, 0.29) is 16.3 Å². The van der Waals surface area contributed by atoms with Gasteiger partial charge in [0.25, 0.3) is 0 Å². The zero-order valence-electron chi connectivity index (χ0n) is 11.7. The first-order valence-electron chi connectivity index (χ1n) is 6.49. The molecule has 0 amide bonds. The fraction of sp³-hybridized carbons (Fsp3) is 0.600. The maximum Gasteiger partial charge on any atom is 0.142 e. The lowest BCUT2D eigenvalue weighted by Crippen LogP contribution is -2.34. The third-order valence-electron chi connectivity index (χ3n) is 2.82. The highest BCUT2D eigenvalue weighted by Gasteiger charge is 2.18. The molecule has 1 nitrogen and oxygen atoms in total. The van der Waals surface area contributed by atoms with Gasteiger partial charge in [0, 0.05) is 6.04 Å². The molecule has 1 aromatic carbocycles. The van der Waals surface area contributed by atoms with Gasteiger partial charge in [-0.05, 0) is 42.5 Å². The van der Waals surface area contributed by atoms with Crippen molar-refractivity contribution >= 4 is 11.6 Å². The molecule has 0 spiro atoms. The predicted octanol–water partition coefficient (Wildman–Crippen LogP) is 4.44. The molecule has 1 rings (SSSR count). The standard InChI is InChI=1S/C15H23ClFN/c1-5-18-12(10-15(2,3)4)8-11-6-7-13(16)14(17)9-11/h6-7,9,12,18H,5,8,10H2,1-4H3. The molecule has 0 radical (unpaired) electrons. The van der Waals surface area contributed by atoms with Gasteiger partial charge in [-0.25, -0.2) is 4.39 Å². The minimum atomic E-state index is -0.333.